The van der Waals surface area contributed by atoms with Gasteiger partial charge in [-0.3, -0.25) is 4.57 Å². The van der Waals surface area contributed by atoms with Crippen molar-refractivity contribution in [2.24, 2.45) is 0 Å². The Kier molecular flexibility index (Phi) is 3.83. The first-order valence-electron chi connectivity index (χ1n) is 6.92. The minimum Gasteiger partial charge on any atom is -0.481 e. The molecule has 2 aromatic heterocycles. The molecule has 1 aromatic carbocycles. The number of aromatic nitrogens is 3. The number of pyridine rings is 1. The smallest absolute Gasteiger partial charge is 0.214 e. The number of rotatable bonds is 5. The minimum atomic E-state index is 0.148. The maximum atomic E-state index is 9.07. The summed E-state index contributed by atoms with van der Waals surface area (Å²) in [6.45, 7) is 0.148. The van der Waals surface area contributed by atoms with Crippen LogP contribution in [0.25, 0.3) is 16.9 Å². The lowest BCUT2D eigenvalue weighted by Gasteiger charge is -2.09. The van der Waals surface area contributed by atoms with E-state index >= 15 is 0 Å². The third kappa shape index (κ3) is 2.60. The van der Waals surface area contributed by atoms with Crippen molar-refractivity contribution in [1.82, 2.24) is 14.5 Å². The van der Waals surface area contributed by atoms with E-state index < -0.39 is 0 Å². The number of aliphatic hydroxyl groups is 1. The van der Waals surface area contributed by atoms with Crippen LogP contribution >= 0.6 is 0 Å². The molecular formula is C16H17N3O2. The molecule has 0 amide bonds. The zero-order valence-electron chi connectivity index (χ0n) is 11.9. The quantitative estimate of drug-likeness (QED) is 0.781. The number of imidazole rings is 1. The molecule has 0 saturated carbocycles. The molecular weight excluding hydrogens is 266 g/mol. The van der Waals surface area contributed by atoms with Crippen LogP contribution in [0.4, 0.5) is 0 Å². The highest BCUT2D eigenvalue weighted by atomic mass is 16.5. The molecule has 0 spiro atoms. The fraction of sp³-hybridized carbons (Fsp3) is 0.250. The summed E-state index contributed by atoms with van der Waals surface area (Å²) in [4.78, 5) is 9.14. The van der Waals surface area contributed by atoms with Crippen LogP contribution in [0.1, 0.15) is 12.2 Å². The predicted octanol–water partition coefficient (Wildman–Crippen LogP) is 2.35. The average molecular weight is 283 g/mol. The van der Waals surface area contributed by atoms with Gasteiger partial charge in [0.2, 0.25) is 5.88 Å². The second-order valence-electron chi connectivity index (χ2n) is 4.72. The van der Waals surface area contributed by atoms with Gasteiger partial charge in [-0.2, -0.15) is 4.98 Å². The molecule has 0 radical (unpaired) electrons. The Balaban J connectivity index is 2.17. The molecule has 108 valence electrons. The first kappa shape index (κ1) is 13.6. The molecule has 3 aromatic rings. The number of aryl methyl sites for hydroxylation is 1. The molecule has 0 aliphatic rings. The number of ether oxygens (including phenoxy) is 1. The highest BCUT2D eigenvalue weighted by Crippen LogP contribution is 2.22. The van der Waals surface area contributed by atoms with Crippen molar-refractivity contribution >= 4 is 11.0 Å². The van der Waals surface area contributed by atoms with E-state index in [0.29, 0.717) is 18.7 Å². The van der Waals surface area contributed by atoms with E-state index in [4.69, 9.17) is 9.84 Å². The van der Waals surface area contributed by atoms with Crippen LogP contribution in [0.3, 0.4) is 0 Å². The van der Waals surface area contributed by atoms with Crippen LogP contribution in [-0.4, -0.2) is 33.4 Å². The van der Waals surface area contributed by atoms with Gasteiger partial charge in [0.25, 0.3) is 0 Å². The van der Waals surface area contributed by atoms with Gasteiger partial charge in [0.1, 0.15) is 11.6 Å². The molecule has 0 atom stereocenters. The molecule has 0 bridgehead atoms. The maximum Gasteiger partial charge on any atom is 0.214 e. The summed E-state index contributed by atoms with van der Waals surface area (Å²) in [6, 6.07) is 13.6. The van der Waals surface area contributed by atoms with Gasteiger partial charge in [0.05, 0.1) is 18.1 Å². The Bertz CT molecular complexity index is 752. The molecule has 21 heavy (non-hydrogen) atoms. The summed E-state index contributed by atoms with van der Waals surface area (Å²) in [7, 11) is 1.60. The van der Waals surface area contributed by atoms with Crippen molar-refractivity contribution < 1.29 is 9.84 Å². The summed E-state index contributed by atoms with van der Waals surface area (Å²) >= 11 is 0. The van der Waals surface area contributed by atoms with Crippen molar-refractivity contribution in [1.29, 1.82) is 0 Å². The number of aliphatic hydroxyl groups excluding tert-OH is 1. The van der Waals surface area contributed by atoms with Crippen LogP contribution < -0.4 is 4.74 Å². The topological polar surface area (TPSA) is 60.2 Å². The standard InChI is InChI=1S/C16H17N3O2/c1-21-16-10-4-8-15(18-16)19-13-7-3-2-6-12(13)17-14(19)9-5-11-20/h2-4,6-8,10,20H,5,9,11H2,1H3. The first-order chi connectivity index (χ1) is 10.3. The second kappa shape index (κ2) is 5.93. The number of hydrogen-bond acceptors (Lipinski definition) is 4. The number of para-hydroxylation sites is 2. The largest absolute Gasteiger partial charge is 0.481 e. The van der Waals surface area contributed by atoms with Crippen LogP contribution in [-0.2, 0) is 6.42 Å². The van der Waals surface area contributed by atoms with Gasteiger partial charge in [-0.25, -0.2) is 4.98 Å². The molecule has 2 heterocycles. The molecule has 5 nitrogen and oxygen atoms in total. The van der Waals surface area contributed by atoms with E-state index in [9.17, 15) is 0 Å². The zero-order chi connectivity index (χ0) is 14.7. The summed E-state index contributed by atoms with van der Waals surface area (Å²) in [5.74, 6) is 2.24. The van der Waals surface area contributed by atoms with Gasteiger partial charge < -0.3 is 9.84 Å². The van der Waals surface area contributed by atoms with E-state index in [1.54, 1.807) is 7.11 Å². The van der Waals surface area contributed by atoms with Crippen molar-refractivity contribution in [3.05, 3.63) is 48.3 Å². The molecule has 0 saturated heterocycles. The first-order valence-corrected chi connectivity index (χ1v) is 6.92. The van der Waals surface area contributed by atoms with Gasteiger partial charge in [0.15, 0.2) is 0 Å². The van der Waals surface area contributed by atoms with Gasteiger partial charge in [-0.1, -0.05) is 18.2 Å². The Morgan fingerprint density at radius 2 is 1.95 bits per heavy atom. The highest BCUT2D eigenvalue weighted by Gasteiger charge is 2.13. The van der Waals surface area contributed by atoms with Crippen LogP contribution in [0.5, 0.6) is 5.88 Å². The van der Waals surface area contributed by atoms with Crippen molar-refractivity contribution in [2.75, 3.05) is 13.7 Å². The normalized spacial score (nSPS) is 11.0. The fourth-order valence-electron chi connectivity index (χ4n) is 2.38. The van der Waals surface area contributed by atoms with E-state index in [2.05, 4.69) is 9.97 Å². The molecule has 3 rings (SSSR count). The summed E-state index contributed by atoms with van der Waals surface area (Å²) in [5, 5.41) is 9.07. The maximum absolute atomic E-state index is 9.07. The van der Waals surface area contributed by atoms with E-state index in [1.165, 1.54) is 0 Å². The lowest BCUT2D eigenvalue weighted by atomic mass is 10.3. The molecule has 0 aliphatic heterocycles. The lowest BCUT2D eigenvalue weighted by molar-refractivity contribution is 0.287. The Morgan fingerprint density at radius 3 is 2.76 bits per heavy atom. The monoisotopic (exact) mass is 283 g/mol. The highest BCUT2D eigenvalue weighted by molar-refractivity contribution is 5.77. The molecule has 1 N–H and O–H groups in total. The van der Waals surface area contributed by atoms with Gasteiger partial charge in [0, 0.05) is 19.1 Å². The predicted molar refractivity (Wildman–Crippen MR) is 80.8 cm³/mol. The van der Waals surface area contributed by atoms with E-state index in [1.807, 2.05) is 47.0 Å². The number of fused-ring (bicyclic) bond motifs is 1. The van der Waals surface area contributed by atoms with Gasteiger partial charge in [-0.05, 0) is 24.6 Å². The van der Waals surface area contributed by atoms with E-state index in [0.717, 1.165) is 22.7 Å². The SMILES string of the molecule is COc1cccc(-n2c(CCCO)nc3ccccc32)n1. The summed E-state index contributed by atoms with van der Waals surface area (Å²) in [5.41, 5.74) is 1.93. The third-order valence-electron chi connectivity index (χ3n) is 3.34. The fourth-order valence-corrected chi connectivity index (χ4v) is 2.38. The van der Waals surface area contributed by atoms with Crippen LogP contribution in [0.2, 0.25) is 0 Å². The number of hydrogen-bond donors (Lipinski definition) is 1. The molecule has 5 heteroatoms. The van der Waals surface area contributed by atoms with Crippen molar-refractivity contribution in [3.8, 4) is 11.7 Å². The Labute approximate surface area is 122 Å². The van der Waals surface area contributed by atoms with Crippen molar-refractivity contribution in [2.45, 2.75) is 12.8 Å². The van der Waals surface area contributed by atoms with Crippen LogP contribution in [0.15, 0.2) is 42.5 Å². The molecule has 0 unspecified atom stereocenters. The molecule has 0 fully saturated rings. The summed E-state index contributed by atoms with van der Waals surface area (Å²) in [6.07, 6.45) is 1.37. The average Bonchev–Trinajstić information content (AvgIpc) is 2.91. The van der Waals surface area contributed by atoms with Crippen LogP contribution in [0, 0.1) is 0 Å². The number of benzene rings is 1. The third-order valence-corrected chi connectivity index (χ3v) is 3.34. The van der Waals surface area contributed by atoms with Gasteiger partial charge in [-0.15, -0.1) is 0 Å². The Morgan fingerprint density at radius 1 is 1.10 bits per heavy atom. The van der Waals surface area contributed by atoms with E-state index in [-0.39, 0.29) is 6.61 Å². The second-order valence-corrected chi connectivity index (χ2v) is 4.72. The summed E-state index contributed by atoms with van der Waals surface area (Å²) < 4.78 is 7.22. The van der Waals surface area contributed by atoms with Crippen molar-refractivity contribution in [3.63, 3.8) is 0 Å². The Hall–Kier alpha value is -2.40. The minimum absolute atomic E-state index is 0.148. The number of nitrogens with zero attached hydrogens (tertiary/aromatic N) is 3. The van der Waals surface area contributed by atoms with Gasteiger partial charge >= 0.3 is 0 Å². The lowest BCUT2D eigenvalue weighted by Crippen LogP contribution is -2.05. The number of methoxy groups -OCH3 is 1. The molecule has 0 aliphatic carbocycles. The zero-order valence-corrected chi connectivity index (χ0v) is 11.9.